The number of ether oxygens (including phenoxy) is 2. The van der Waals surface area contributed by atoms with Crippen molar-refractivity contribution >= 4 is 6.08 Å². The lowest BCUT2D eigenvalue weighted by Gasteiger charge is -2.11. The van der Waals surface area contributed by atoms with E-state index in [-0.39, 0.29) is 12.8 Å². The molecule has 2 aromatic rings. The Morgan fingerprint density at radius 2 is 1.90 bits per heavy atom. The van der Waals surface area contributed by atoms with E-state index >= 15 is 0 Å². The molecule has 0 spiro atoms. The summed E-state index contributed by atoms with van der Waals surface area (Å²) < 4.78 is 10.6. The van der Waals surface area contributed by atoms with E-state index in [4.69, 9.17) is 9.47 Å². The van der Waals surface area contributed by atoms with Crippen molar-refractivity contribution in [2.75, 3.05) is 6.79 Å². The van der Waals surface area contributed by atoms with Crippen molar-refractivity contribution < 1.29 is 14.3 Å². The van der Waals surface area contributed by atoms with Crippen LogP contribution in [0.5, 0.6) is 11.5 Å². The van der Waals surface area contributed by atoms with Crippen LogP contribution in [0.2, 0.25) is 0 Å². The molecule has 0 aliphatic carbocycles. The van der Waals surface area contributed by atoms with Crippen molar-refractivity contribution in [2.24, 2.45) is 4.99 Å². The monoisotopic (exact) mass is 267 g/mol. The number of nitrogens with zero attached hydrogens (tertiary/aromatic N) is 1. The molecule has 1 heterocycles. The largest absolute Gasteiger partial charge is 0.454 e. The molecular weight excluding hydrogens is 254 g/mol. The predicted octanol–water partition coefficient (Wildman–Crippen LogP) is 3.03. The van der Waals surface area contributed by atoms with Gasteiger partial charge in [0.2, 0.25) is 12.9 Å². The maximum absolute atomic E-state index is 10.6. The molecule has 0 bridgehead atoms. The van der Waals surface area contributed by atoms with Crippen LogP contribution in [0, 0.1) is 0 Å². The van der Waals surface area contributed by atoms with E-state index < -0.39 is 0 Å². The second kappa shape index (κ2) is 5.59. The molecule has 20 heavy (non-hydrogen) atoms. The smallest absolute Gasteiger partial charge is 0.235 e. The standard InChI is InChI=1S/C16H13NO3/c18-10-17-14(13-4-2-1-3-5-13)8-12-6-7-15-16(9-12)20-11-19-15/h1-7,9,14H,8,11H2. The fourth-order valence-electron chi connectivity index (χ4n) is 2.27. The molecule has 0 N–H and O–H groups in total. The van der Waals surface area contributed by atoms with E-state index in [2.05, 4.69) is 4.99 Å². The summed E-state index contributed by atoms with van der Waals surface area (Å²) in [4.78, 5) is 14.5. The van der Waals surface area contributed by atoms with Crippen LogP contribution in [-0.4, -0.2) is 12.9 Å². The van der Waals surface area contributed by atoms with Crippen LogP contribution in [0.25, 0.3) is 0 Å². The summed E-state index contributed by atoms with van der Waals surface area (Å²) in [6.07, 6.45) is 2.28. The van der Waals surface area contributed by atoms with Gasteiger partial charge in [-0.3, -0.25) is 0 Å². The molecule has 100 valence electrons. The molecule has 0 fully saturated rings. The molecule has 1 atom stereocenters. The van der Waals surface area contributed by atoms with Crippen LogP contribution >= 0.6 is 0 Å². The van der Waals surface area contributed by atoms with Crippen LogP contribution in [0.4, 0.5) is 0 Å². The Bertz CT molecular complexity index is 648. The summed E-state index contributed by atoms with van der Waals surface area (Å²) in [5, 5.41) is 0. The number of carbonyl (C=O) groups excluding carboxylic acids is 1. The lowest BCUT2D eigenvalue weighted by Crippen LogP contribution is -2.00. The van der Waals surface area contributed by atoms with Gasteiger partial charge in [0.25, 0.3) is 0 Å². The van der Waals surface area contributed by atoms with Crippen molar-refractivity contribution in [2.45, 2.75) is 12.5 Å². The topological polar surface area (TPSA) is 47.9 Å². The summed E-state index contributed by atoms with van der Waals surface area (Å²) in [6.45, 7) is 0.257. The number of aliphatic imine (C=N–C) groups is 1. The van der Waals surface area contributed by atoms with Gasteiger partial charge in [-0.1, -0.05) is 36.4 Å². The lowest BCUT2D eigenvalue weighted by atomic mass is 9.99. The fraction of sp³-hybridized carbons (Fsp3) is 0.188. The number of fused-ring (bicyclic) bond motifs is 1. The summed E-state index contributed by atoms with van der Waals surface area (Å²) in [5.74, 6) is 1.49. The molecule has 1 unspecified atom stereocenters. The van der Waals surface area contributed by atoms with Gasteiger partial charge < -0.3 is 9.47 Å². The molecule has 0 saturated heterocycles. The quantitative estimate of drug-likeness (QED) is 0.632. The average molecular weight is 267 g/mol. The van der Waals surface area contributed by atoms with Crippen molar-refractivity contribution in [3.05, 3.63) is 59.7 Å². The maximum Gasteiger partial charge on any atom is 0.235 e. The number of rotatable bonds is 4. The minimum absolute atomic E-state index is 0.228. The Hall–Kier alpha value is -2.58. The molecule has 0 aromatic heterocycles. The third-order valence-corrected chi connectivity index (χ3v) is 3.26. The van der Waals surface area contributed by atoms with Gasteiger partial charge in [0.05, 0.1) is 6.04 Å². The molecule has 4 nitrogen and oxygen atoms in total. The Morgan fingerprint density at radius 3 is 2.70 bits per heavy atom. The van der Waals surface area contributed by atoms with Crippen LogP contribution in [0.1, 0.15) is 17.2 Å². The van der Waals surface area contributed by atoms with Gasteiger partial charge in [-0.05, 0) is 29.7 Å². The van der Waals surface area contributed by atoms with E-state index in [1.54, 1.807) is 6.08 Å². The lowest BCUT2D eigenvalue weighted by molar-refractivity contribution is 0.174. The van der Waals surface area contributed by atoms with Gasteiger partial charge in [0, 0.05) is 0 Å². The average Bonchev–Trinajstić information content (AvgIpc) is 2.95. The van der Waals surface area contributed by atoms with Gasteiger partial charge in [-0.15, -0.1) is 0 Å². The third-order valence-electron chi connectivity index (χ3n) is 3.26. The van der Waals surface area contributed by atoms with E-state index in [1.807, 2.05) is 48.5 Å². The third kappa shape index (κ3) is 2.56. The van der Waals surface area contributed by atoms with E-state index in [0.717, 1.165) is 22.6 Å². The number of benzene rings is 2. The molecule has 4 heteroatoms. The van der Waals surface area contributed by atoms with Gasteiger partial charge in [0.15, 0.2) is 11.5 Å². The van der Waals surface area contributed by atoms with Gasteiger partial charge in [0.1, 0.15) is 0 Å². The molecule has 2 aromatic carbocycles. The second-order valence-electron chi connectivity index (χ2n) is 4.54. The number of isocyanates is 1. The Kier molecular flexibility index (Phi) is 3.48. The molecule has 3 rings (SSSR count). The zero-order chi connectivity index (χ0) is 13.8. The normalized spacial score (nSPS) is 13.6. The molecule has 0 radical (unpaired) electrons. The fourth-order valence-corrected chi connectivity index (χ4v) is 2.27. The Morgan fingerprint density at radius 1 is 1.10 bits per heavy atom. The zero-order valence-electron chi connectivity index (χ0n) is 10.8. The first-order chi connectivity index (χ1) is 9.86. The van der Waals surface area contributed by atoms with Crippen LogP contribution in [0.3, 0.4) is 0 Å². The summed E-state index contributed by atoms with van der Waals surface area (Å²) >= 11 is 0. The van der Waals surface area contributed by atoms with Gasteiger partial charge in [-0.25, -0.2) is 4.79 Å². The molecule has 0 amide bonds. The van der Waals surface area contributed by atoms with Crippen LogP contribution in [-0.2, 0) is 11.2 Å². The zero-order valence-corrected chi connectivity index (χ0v) is 10.8. The van der Waals surface area contributed by atoms with E-state index in [0.29, 0.717) is 6.42 Å². The van der Waals surface area contributed by atoms with Crippen molar-refractivity contribution in [3.8, 4) is 11.5 Å². The summed E-state index contributed by atoms with van der Waals surface area (Å²) in [7, 11) is 0. The minimum Gasteiger partial charge on any atom is -0.454 e. The SMILES string of the molecule is O=C=NC(Cc1ccc2c(c1)OCO2)c1ccccc1. The maximum atomic E-state index is 10.6. The molecule has 0 saturated carbocycles. The molecule has 1 aliphatic heterocycles. The number of hydrogen-bond acceptors (Lipinski definition) is 4. The van der Waals surface area contributed by atoms with Crippen LogP contribution in [0.15, 0.2) is 53.5 Å². The molecule has 1 aliphatic rings. The predicted molar refractivity (Wildman–Crippen MR) is 73.6 cm³/mol. The van der Waals surface area contributed by atoms with Crippen LogP contribution < -0.4 is 9.47 Å². The first-order valence-electron chi connectivity index (χ1n) is 6.37. The highest BCUT2D eigenvalue weighted by Gasteiger charge is 2.16. The first-order valence-corrected chi connectivity index (χ1v) is 6.37. The highest BCUT2D eigenvalue weighted by molar-refractivity contribution is 5.45. The first kappa shape index (κ1) is 12.5. The van der Waals surface area contributed by atoms with Crippen molar-refractivity contribution in [1.82, 2.24) is 0 Å². The van der Waals surface area contributed by atoms with Crippen molar-refractivity contribution in [1.29, 1.82) is 0 Å². The van der Waals surface area contributed by atoms with Crippen molar-refractivity contribution in [3.63, 3.8) is 0 Å². The minimum atomic E-state index is -0.228. The van der Waals surface area contributed by atoms with Gasteiger partial charge >= 0.3 is 0 Å². The summed E-state index contributed by atoms with van der Waals surface area (Å²) in [6, 6.07) is 15.3. The second-order valence-corrected chi connectivity index (χ2v) is 4.54. The van der Waals surface area contributed by atoms with E-state index in [9.17, 15) is 4.79 Å². The number of hydrogen-bond donors (Lipinski definition) is 0. The van der Waals surface area contributed by atoms with Gasteiger partial charge in [-0.2, -0.15) is 4.99 Å². The summed E-state index contributed by atoms with van der Waals surface area (Å²) in [5.41, 5.74) is 2.04. The highest BCUT2D eigenvalue weighted by atomic mass is 16.7. The Balaban J connectivity index is 1.85. The van der Waals surface area contributed by atoms with E-state index in [1.165, 1.54) is 0 Å². The molecular formula is C16H13NO3. The highest BCUT2D eigenvalue weighted by Crippen LogP contribution is 2.34. The Labute approximate surface area is 116 Å².